The Morgan fingerprint density at radius 1 is 1.53 bits per heavy atom. The summed E-state index contributed by atoms with van der Waals surface area (Å²) < 4.78 is 11.7. The maximum Gasteiger partial charge on any atom is 0.231 e. The van der Waals surface area contributed by atoms with E-state index in [1.165, 1.54) is 0 Å². The van der Waals surface area contributed by atoms with Crippen LogP contribution in [0.4, 0.5) is 0 Å². The summed E-state index contributed by atoms with van der Waals surface area (Å²) in [4.78, 5) is 6.33. The number of guanidine groups is 1. The summed E-state index contributed by atoms with van der Waals surface area (Å²) in [6, 6.07) is 4.13. The molecule has 0 radical (unpaired) electrons. The first-order chi connectivity index (χ1) is 9.20. The van der Waals surface area contributed by atoms with Gasteiger partial charge in [-0.05, 0) is 33.6 Å². The highest BCUT2D eigenvalue weighted by atomic mass is 79.9. The summed E-state index contributed by atoms with van der Waals surface area (Å²) in [6.07, 6.45) is 1.82. The molecule has 0 saturated carbocycles. The van der Waals surface area contributed by atoms with Gasteiger partial charge in [0, 0.05) is 6.54 Å². The summed E-state index contributed by atoms with van der Waals surface area (Å²) in [7, 11) is 0. The summed E-state index contributed by atoms with van der Waals surface area (Å²) in [5, 5.41) is 0. The molecule has 0 aromatic heterocycles. The van der Waals surface area contributed by atoms with Crippen LogP contribution in [0.5, 0.6) is 11.5 Å². The van der Waals surface area contributed by atoms with Crippen LogP contribution in [-0.4, -0.2) is 30.7 Å². The van der Waals surface area contributed by atoms with Gasteiger partial charge in [0.05, 0.1) is 17.1 Å². The average Bonchev–Trinajstić information content (AvgIpc) is 2.98. The molecule has 0 saturated heterocycles. The maximum atomic E-state index is 5.90. The van der Waals surface area contributed by atoms with E-state index in [0.717, 1.165) is 21.5 Å². The molecule has 2 aliphatic rings. The number of nitrogens with two attached hydrogens (primary N) is 1. The molecular weight excluding hydrogens is 310 g/mol. The fourth-order valence-electron chi connectivity index (χ4n) is 2.35. The quantitative estimate of drug-likeness (QED) is 0.865. The molecule has 19 heavy (non-hydrogen) atoms. The molecule has 0 bridgehead atoms. The molecule has 0 fully saturated rings. The molecule has 100 valence electrons. The van der Waals surface area contributed by atoms with E-state index in [0.29, 0.717) is 19.0 Å². The van der Waals surface area contributed by atoms with E-state index < -0.39 is 0 Å². The third-order valence-electron chi connectivity index (χ3n) is 3.26. The van der Waals surface area contributed by atoms with Gasteiger partial charge in [-0.15, -0.1) is 6.58 Å². The van der Waals surface area contributed by atoms with Crippen LogP contribution in [0, 0.1) is 0 Å². The van der Waals surface area contributed by atoms with E-state index in [-0.39, 0.29) is 12.8 Å². The lowest BCUT2D eigenvalue weighted by Gasteiger charge is -2.25. The smallest absolute Gasteiger partial charge is 0.231 e. The Hall–Kier alpha value is -1.69. The van der Waals surface area contributed by atoms with Crippen LogP contribution in [0.2, 0.25) is 0 Å². The monoisotopic (exact) mass is 323 g/mol. The number of nitrogens with zero attached hydrogens (tertiary/aromatic N) is 2. The highest BCUT2D eigenvalue weighted by Gasteiger charge is 2.29. The third-order valence-corrected chi connectivity index (χ3v) is 3.85. The SMILES string of the molecule is C=CCN1C(N)=NCC1c1cc(Br)c2c(c1)OCO2. The number of ether oxygens (including phenoxy) is 2. The Morgan fingerprint density at radius 2 is 2.37 bits per heavy atom. The summed E-state index contributed by atoms with van der Waals surface area (Å²) in [5.41, 5.74) is 7.00. The van der Waals surface area contributed by atoms with Crippen LogP contribution < -0.4 is 15.2 Å². The van der Waals surface area contributed by atoms with Gasteiger partial charge in [-0.25, -0.2) is 0 Å². The number of fused-ring (bicyclic) bond motifs is 1. The zero-order chi connectivity index (χ0) is 13.4. The van der Waals surface area contributed by atoms with Crippen LogP contribution in [0.1, 0.15) is 11.6 Å². The molecule has 0 aliphatic carbocycles. The molecule has 2 heterocycles. The van der Waals surface area contributed by atoms with Crippen LogP contribution in [0.15, 0.2) is 34.3 Å². The maximum absolute atomic E-state index is 5.90. The minimum atomic E-state index is 0.115. The van der Waals surface area contributed by atoms with Crippen molar-refractivity contribution in [1.29, 1.82) is 0 Å². The first kappa shape index (κ1) is 12.3. The van der Waals surface area contributed by atoms with Crippen molar-refractivity contribution in [2.24, 2.45) is 10.7 Å². The van der Waals surface area contributed by atoms with E-state index in [9.17, 15) is 0 Å². The number of benzene rings is 1. The second-order valence-electron chi connectivity index (χ2n) is 4.39. The Balaban J connectivity index is 1.94. The largest absolute Gasteiger partial charge is 0.454 e. The van der Waals surface area contributed by atoms with Crippen molar-refractivity contribution < 1.29 is 9.47 Å². The number of halogens is 1. The van der Waals surface area contributed by atoms with Crippen LogP contribution in [-0.2, 0) is 0 Å². The molecule has 1 aromatic carbocycles. The number of hydrogen-bond donors (Lipinski definition) is 1. The zero-order valence-corrected chi connectivity index (χ0v) is 11.9. The highest BCUT2D eigenvalue weighted by Crippen LogP contribution is 2.42. The molecule has 1 atom stereocenters. The predicted molar refractivity (Wildman–Crippen MR) is 76.4 cm³/mol. The van der Waals surface area contributed by atoms with Gasteiger partial charge < -0.3 is 20.1 Å². The predicted octanol–water partition coefficient (Wildman–Crippen LogP) is 2.04. The van der Waals surface area contributed by atoms with Gasteiger partial charge in [-0.3, -0.25) is 4.99 Å². The van der Waals surface area contributed by atoms with Crippen molar-refractivity contribution in [1.82, 2.24) is 4.90 Å². The highest BCUT2D eigenvalue weighted by molar-refractivity contribution is 9.10. The lowest BCUT2D eigenvalue weighted by atomic mass is 10.1. The number of aliphatic imine (C=N–C) groups is 1. The van der Waals surface area contributed by atoms with Crippen molar-refractivity contribution in [2.75, 3.05) is 19.9 Å². The topological polar surface area (TPSA) is 60.1 Å². The molecule has 0 amide bonds. The minimum absolute atomic E-state index is 0.115. The molecule has 5 nitrogen and oxygen atoms in total. The molecule has 6 heteroatoms. The van der Waals surface area contributed by atoms with E-state index in [4.69, 9.17) is 15.2 Å². The first-order valence-electron chi connectivity index (χ1n) is 5.97. The Labute approximate surface area is 119 Å². The normalized spacial score (nSPS) is 20.6. The fraction of sp³-hybridized carbons (Fsp3) is 0.308. The lowest BCUT2D eigenvalue weighted by molar-refractivity contribution is 0.173. The van der Waals surface area contributed by atoms with Crippen molar-refractivity contribution in [2.45, 2.75) is 6.04 Å². The van der Waals surface area contributed by atoms with Crippen molar-refractivity contribution in [3.63, 3.8) is 0 Å². The van der Waals surface area contributed by atoms with E-state index in [2.05, 4.69) is 27.5 Å². The third kappa shape index (κ3) is 2.06. The van der Waals surface area contributed by atoms with Gasteiger partial charge in [0.25, 0.3) is 0 Å². The number of hydrogen-bond acceptors (Lipinski definition) is 5. The second kappa shape index (κ2) is 4.77. The van der Waals surface area contributed by atoms with E-state index >= 15 is 0 Å². The Morgan fingerprint density at radius 3 is 3.16 bits per heavy atom. The molecular formula is C13H14BrN3O2. The molecule has 3 rings (SSSR count). The molecule has 1 unspecified atom stereocenters. The fourth-order valence-corrected chi connectivity index (χ4v) is 2.93. The van der Waals surface area contributed by atoms with Crippen molar-refractivity contribution >= 4 is 21.9 Å². The van der Waals surface area contributed by atoms with Gasteiger partial charge in [-0.1, -0.05) is 6.08 Å². The molecule has 2 N–H and O–H groups in total. The van der Waals surface area contributed by atoms with Gasteiger partial charge >= 0.3 is 0 Å². The van der Waals surface area contributed by atoms with E-state index in [1.54, 1.807) is 0 Å². The summed E-state index contributed by atoms with van der Waals surface area (Å²) in [6.45, 7) is 5.33. The summed E-state index contributed by atoms with van der Waals surface area (Å²) in [5.74, 6) is 2.07. The summed E-state index contributed by atoms with van der Waals surface area (Å²) >= 11 is 3.51. The standard InChI is InChI=1S/C13H14BrN3O2/c1-2-3-17-10(6-16-13(17)15)8-4-9(14)12-11(5-8)18-7-19-12/h2,4-5,10H,1,3,6-7H2,(H2,15,16). The van der Waals surface area contributed by atoms with Crippen molar-refractivity contribution in [3.8, 4) is 11.5 Å². The van der Waals surface area contributed by atoms with Crippen molar-refractivity contribution in [3.05, 3.63) is 34.8 Å². The van der Waals surface area contributed by atoms with Gasteiger partial charge in [-0.2, -0.15) is 0 Å². The van der Waals surface area contributed by atoms with Crippen LogP contribution in [0.25, 0.3) is 0 Å². The van der Waals surface area contributed by atoms with Crippen LogP contribution in [0.3, 0.4) is 0 Å². The van der Waals surface area contributed by atoms with Crippen LogP contribution >= 0.6 is 15.9 Å². The minimum Gasteiger partial charge on any atom is -0.454 e. The Bertz CT molecular complexity index is 559. The van der Waals surface area contributed by atoms with Gasteiger partial charge in [0.15, 0.2) is 17.5 Å². The average molecular weight is 324 g/mol. The second-order valence-corrected chi connectivity index (χ2v) is 5.25. The Kier molecular flexibility index (Phi) is 3.10. The van der Waals surface area contributed by atoms with Gasteiger partial charge in [0.2, 0.25) is 6.79 Å². The molecule has 1 aromatic rings. The van der Waals surface area contributed by atoms with E-state index in [1.807, 2.05) is 23.1 Å². The van der Waals surface area contributed by atoms with Gasteiger partial charge in [0.1, 0.15) is 0 Å². The lowest BCUT2D eigenvalue weighted by Crippen LogP contribution is -2.36. The zero-order valence-electron chi connectivity index (χ0n) is 10.3. The molecule has 2 aliphatic heterocycles. The number of rotatable bonds is 3. The first-order valence-corrected chi connectivity index (χ1v) is 6.76. The molecule has 0 spiro atoms.